The molecule has 1 aliphatic carbocycles. The molecule has 1 N–H and O–H groups in total. The van der Waals surface area contributed by atoms with Gasteiger partial charge in [-0.05, 0) is 49.3 Å². The van der Waals surface area contributed by atoms with E-state index in [-0.39, 0.29) is 0 Å². The summed E-state index contributed by atoms with van der Waals surface area (Å²) in [5.74, 6) is 1.10. The van der Waals surface area contributed by atoms with Crippen molar-refractivity contribution < 1.29 is 4.79 Å². The highest BCUT2D eigenvalue weighted by Gasteiger charge is 2.19. The highest BCUT2D eigenvalue weighted by molar-refractivity contribution is 5.78. The van der Waals surface area contributed by atoms with E-state index >= 15 is 0 Å². The van der Waals surface area contributed by atoms with E-state index in [0.29, 0.717) is 5.91 Å². The first-order valence-electron chi connectivity index (χ1n) is 8.52. The largest absolute Gasteiger partial charge is 0.338 e. The zero-order chi connectivity index (χ0) is 15.2. The van der Waals surface area contributed by atoms with E-state index in [1.165, 1.54) is 30.4 Å². The van der Waals surface area contributed by atoms with Gasteiger partial charge in [0.05, 0.1) is 0 Å². The van der Waals surface area contributed by atoms with E-state index in [9.17, 15) is 4.79 Å². The van der Waals surface area contributed by atoms with Gasteiger partial charge in [0, 0.05) is 26.1 Å². The molecule has 3 heteroatoms. The van der Waals surface area contributed by atoms with E-state index in [4.69, 9.17) is 0 Å². The summed E-state index contributed by atoms with van der Waals surface area (Å²) in [5.41, 5.74) is 2.55. The first kappa shape index (κ1) is 15.3. The molecule has 118 valence electrons. The standard InChI is InChI=1S/C19H26N2O/c22-19-7-4-12-21(19)15-18-10-8-17(9-11-18)14-20-13-16-5-2-1-3-6-16/h1-2,8-11,16,20H,3-7,12-15H2. The molecule has 1 fully saturated rings. The summed E-state index contributed by atoms with van der Waals surface area (Å²) >= 11 is 0. The van der Waals surface area contributed by atoms with Gasteiger partial charge in [0.15, 0.2) is 0 Å². The van der Waals surface area contributed by atoms with Crippen LogP contribution in [0.4, 0.5) is 0 Å². The van der Waals surface area contributed by atoms with E-state index in [2.05, 4.69) is 41.7 Å². The molecule has 2 aliphatic rings. The van der Waals surface area contributed by atoms with Crippen LogP contribution >= 0.6 is 0 Å². The van der Waals surface area contributed by atoms with Crippen LogP contribution < -0.4 is 5.32 Å². The molecule has 1 aromatic carbocycles. The minimum atomic E-state index is 0.298. The average molecular weight is 298 g/mol. The first-order valence-corrected chi connectivity index (χ1v) is 8.52. The molecule has 1 amide bonds. The molecule has 1 saturated heterocycles. The molecular weight excluding hydrogens is 272 g/mol. The third-order valence-corrected chi connectivity index (χ3v) is 4.71. The van der Waals surface area contributed by atoms with Gasteiger partial charge in [0.25, 0.3) is 0 Å². The Labute approximate surface area is 133 Å². The van der Waals surface area contributed by atoms with E-state index < -0.39 is 0 Å². The number of likely N-dealkylation sites (tertiary alicyclic amines) is 1. The summed E-state index contributed by atoms with van der Waals surface area (Å²) in [5, 5.41) is 3.57. The van der Waals surface area contributed by atoms with Gasteiger partial charge in [0.2, 0.25) is 5.91 Å². The van der Waals surface area contributed by atoms with Gasteiger partial charge in [-0.15, -0.1) is 0 Å². The number of hydrogen-bond donors (Lipinski definition) is 1. The van der Waals surface area contributed by atoms with Gasteiger partial charge in [-0.25, -0.2) is 0 Å². The third-order valence-electron chi connectivity index (χ3n) is 4.71. The predicted octanol–water partition coefficient (Wildman–Crippen LogP) is 3.25. The lowest BCUT2D eigenvalue weighted by Gasteiger charge is -2.18. The summed E-state index contributed by atoms with van der Waals surface area (Å²) in [6.07, 6.45) is 10.1. The summed E-state index contributed by atoms with van der Waals surface area (Å²) < 4.78 is 0. The highest BCUT2D eigenvalue weighted by atomic mass is 16.2. The second kappa shape index (κ2) is 7.59. The Morgan fingerprint density at radius 2 is 1.95 bits per heavy atom. The Kier molecular flexibility index (Phi) is 5.28. The number of amides is 1. The maximum Gasteiger partial charge on any atom is 0.222 e. The molecule has 3 nitrogen and oxygen atoms in total. The maximum atomic E-state index is 11.6. The van der Waals surface area contributed by atoms with Crippen molar-refractivity contribution in [2.75, 3.05) is 13.1 Å². The van der Waals surface area contributed by atoms with Crippen LogP contribution in [0.1, 0.15) is 43.2 Å². The van der Waals surface area contributed by atoms with Gasteiger partial charge in [-0.1, -0.05) is 36.4 Å². The van der Waals surface area contributed by atoms with Gasteiger partial charge in [-0.2, -0.15) is 0 Å². The van der Waals surface area contributed by atoms with Crippen LogP contribution in [0.3, 0.4) is 0 Å². The Bertz CT molecular complexity index is 521. The van der Waals surface area contributed by atoms with Crippen molar-refractivity contribution in [1.29, 1.82) is 0 Å². The SMILES string of the molecule is O=C1CCCN1Cc1ccc(CNCC2CC=CCC2)cc1. The van der Waals surface area contributed by atoms with E-state index in [0.717, 1.165) is 44.9 Å². The normalized spacial score (nSPS) is 21.5. The highest BCUT2D eigenvalue weighted by Crippen LogP contribution is 2.17. The number of nitrogens with zero attached hydrogens (tertiary/aromatic N) is 1. The van der Waals surface area contributed by atoms with E-state index in [1.807, 2.05) is 4.90 Å². The maximum absolute atomic E-state index is 11.6. The molecular formula is C19H26N2O. The molecule has 22 heavy (non-hydrogen) atoms. The monoisotopic (exact) mass is 298 g/mol. The van der Waals surface area contributed by atoms with Crippen molar-refractivity contribution >= 4 is 5.91 Å². The zero-order valence-electron chi connectivity index (χ0n) is 13.3. The topological polar surface area (TPSA) is 32.3 Å². The molecule has 0 bridgehead atoms. The molecule has 0 radical (unpaired) electrons. The van der Waals surface area contributed by atoms with Crippen LogP contribution in [0.2, 0.25) is 0 Å². The van der Waals surface area contributed by atoms with Gasteiger partial charge < -0.3 is 10.2 Å². The Morgan fingerprint density at radius 3 is 2.64 bits per heavy atom. The molecule has 0 aromatic heterocycles. The summed E-state index contributed by atoms with van der Waals surface area (Å²) in [4.78, 5) is 13.6. The van der Waals surface area contributed by atoms with Crippen LogP contribution in [0.5, 0.6) is 0 Å². The molecule has 1 unspecified atom stereocenters. The smallest absolute Gasteiger partial charge is 0.222 e. The number of carbonyl (C=O) groups excluding carboxylic acids is 1. The van der Waals surface area contributed by atoms with E-state index in [1.54, 1.807) is 0 Å². The fourth-order valence-electron chi connectivity index (χ4n) is 3.32. The van der Waals surface area contributed by atoms with Crippen LogP contribution in [0, 0.1) is 5.92 Å². The Balaban J connectivity index is 1.43. The molecule has 1 aliphatic heterocycles. The van der Waals surface area contributed by atoms with Crippen molar-refractivity contribution in [3.8, 4) is 0 Å². The van der Waals surface area contributed by atoms with Crippen molar-refractivity contribution in [3.05, 3.63) is 47.5 Å². The van der Waals surface area contributed by atoms with Crippen molar-refractivity contribution in [1.82, 2.24) is 10.2 Å². The Morgan fingerprint density at radius 1 is 1.14 bits per heavy atom. The lowest BCUT2D eigenvalue weighted by Crippen LogP contribution is -2.24. The van der Waals surface area contributed by atoms with Crippen LogP contribution in [0.25, 0.3) is 0 Å². The minimum Gasteiger partial charge on any atom is -0.338 e. The van der Waals surface area contributed by atoms with Gasteiger partial charge in [0.1, 0.15) is 0 Å². The number of allylic oxidation sites excluding steroid dienone is 2. The van der Waals surface area contributed by atoms with Crippen LogP contribution in [0.15, 0.2) is 36.4 Å². The van der Waals surface area contributed by atoms with Crippen LogP contribution in [-0.2, 0) is 17.9 Å². The fourth-order valence-corrected chi connectivity index (χ4v) is 3.32. The molecule has 0 saturated carbocycles. The summed E-state index contributed by atoms with van der Waals surface area (Å²) in [7, 11) is 0. The third kappa shape index (κ3) is 4.20. The molecule has 1 atom stereocenters. The number of benzene rings is 1. The van der Waals surface area contributed by atoms with Gasteiger partial charge >= 0.3 is 0 Å². The lowest BCUT2D eigenvalue weighted by molar-refractivity contribution is -0.128. The van der Waals surface area contributed by atoms with Crippen molar-refractivity contribution in [2.45, 2.75) is 45.2 Å². The zero-order valence-corrected chi connectivity index (χ0v) is 13.3. The second-order valence-corrected chi connectivity index (χ2v) is 6.52. The number of rotatable bonds is 6. The van der Waals surface area contributed by atoms with Gasteiger partial charge in [-0.3, -0.25) is 4.79 Å². The Hall–Kier alpha value is -1.61. The average Bonchev–Trinajstić information content (AvgIpc) is 2.95. The summed E-state index contributed by atoms with van der Waals surface area (Å²) in [6, 6.07) is 8.69. The van der Waals surface area contributed by atoms with Crippen molar-refractivity contribution in [3.63, 3.8) is 0 Å². The molecule has 1 aromatic rings. The number of nitrogens with one attached hydrogen (secondary N) is 1. The van der Waals surface area contributed by atoms with Crippen molar-refractivity contribution in [2.24, 2.45) is 5.92 Å². The molecule has 1 heterocycles. The summed E-state index contributed by atoms with van der Waals surface area (Å²) in [6.45, 7) is 3.72. The molecule has 0 spiro atoms. The first-order chi connectivity index (χ1) is 10.8. The second-order valence-electron chi connectivity index (χ2n) is 6.52. The predicted molar refractivity (Wildman–Crippen MR) is 89.3 cm³/mol. The number of carbonyl (C=O) groups is 1. The number of hydrogen-bond acceptors (Lipinski definition) is 2. The lowest BCUT2D eigenvalue weighted by atomic mass is 9.94. The minimum absolute atomic E-state index is 0.298. The van der Waals surface area contributed by atoms with Crippen LogP contribution in [-0.4, -0.2) is 23.9 Å². The molecule has 3 rings (SSSR count). The quantitative estimate of drug-likeness (QED) is 0.818. The fraction of sp³-hybridized carbons (Fsp3) is 0.526.